The maximum atomic E-state index is 12.6. The predicted molar refractivity (Wildman–Crippen MR) is 135 cm³/mol. The summed E-state index contributed by atoms with van der Waals surface area (Å²) >= 11 is 8.67. The molecule has 0 unspecified atom stereocenters. The zero-order valence-electron chi connectivity index (χ0n) is 18.3. The van der Waals surface area contributed by atoms with Gasteiger partial charge in [0.05, 0.1) is 7.11 Å². The van der Waals surface area contributed by atoms with Gasteiger partial charge in [-0.1, -0.05) is 58.4 Å². The number of carbonyl (C=O) groups excluding carboxylic acids is 2. The molecule has 4 rings (SSSR count). The van der Waals surface area contributed by atoms with Crippen molar-refractivity contribution < 1.29 is 19.1 Å². The van der Waals surface area contributed by atoms with Crippen molar-refractivity contribution in [3.05, 3.63) is 75.8 Å². The predicted octanol–water partition coefficient (Wildman–Crippen LogP) is 4.79. The summed E-state index contributed by atoms with van der Waals surface area (Å²) in [4.78, 5) is 27.8. The van der Waals surface area contributed by atoms with Gasteiger partial charge in [0.2, 0.25) is 0 Å². The van der Waals surface area contributed by atoms with Crippen LogP contribution in [-0.2, 0) is 16.2 Å². The summed E-state index contributed by atoms with van der Waals surface area (Å²) in [7, 11) is 4.63. The molecule has 33 heavy (non-hydrogen) atoms. The third-order valence-corrected chi connectivity index (χ3v) is 6.72. The van der Waals surface area contributed by atoms with E-state index in [9.17, 15) is 9.59 Å². The lowest BCUT2D eigenvalue weighted by molar-refractivity contribution is -0.132. The first-order valence-corrected chi connectivity index (χ1v) is 11.3. The molecule has 2 amide bonds. The summed E-state index contributed by atoms with van der Waals surface area (Å²) in [6.07, 6.45) is 1.53. The molecule has 1 saturated heterocycles. The van der Waals surface area contributed by atoms with E-state index in [2.05, 4.69) is 34.1 Å². The van der Waals surface area contributed by atoms with E-state index in [1.165, 1.54) is 15.9 Å². The van der Waals surface area contributed by atoms with E-state index >= 15 is 0 Å². The van der Waals surface area contributed by atoms with Gasteiger partial charge in [0.1, 0.15) is 12.2 Å². The molecule has 3 aromatic rings. The molecule has 8 heteroatoms. The zero-order valence-corrected chi connectivity index (χ0v) is 20.7. The highest BCUT2D eigenvalue weighted by Gasteiger charge is 2.35. The van der Waals surface area contributed by atoms with Crippen LogP contribution < -0.4 is 9.47 Å². The number of halogens is 1. The first-order valence-electron chi connectivity index (χ1n) is 10.1. The molecule has 1 aliphatic heterocycles. The van der Waals surface area contributed by atoms with Crippen LogP contribution in [0.2, 0.25) is 0 Å². The van der Waals surface area contributed by atoms with Crippen molar-refractivity contribution >= 4 is 61.9 Å². The van der Waals surface area contributed by atoms with Crippen LogP contribution in [0.5, 0.6) is 11.5 Å². The molecule has 6 nitrogen and oxygen atoms in total. The summed E-state index contributed by atoms with van der Waals surface area (Å²) in [6.45, 7) is 0.356. The molecule has 0 spiro atoms. The van der Waals surface area contributed by atoms with Crippen LogP contribution in [0.15, 0.2) is 64.6 Å². The van der Waals surface area contributed by atoms with Crippen molar-refractivity contribution in [1.29, 1.82) is 0 Å². The number of nitrogens with zero attached hydrogens (tertiary/aromatic N) is 2. The van der Waals surface area contributed by atoms with Gasteiger partial charge in [-0.2, -0.15) is 0 Å². The summed E-state index contributed by atoms with van der Waals surface area (Å²) in [5.74, 6) is 0.116. The molecule has 0 atom stereocenters. The highest BCUT2D eigenvalue weighted by atomic mass is 79.9. The second-order valence-electron chi connectivity index (χ2n) is 7.52. The minimum absolute atomic E-state index is 0.0146. The molecular weight excluding hydrogens is 504 g/mol. The number of amides is 2. The third-order valence-electron chi connectivity index (χ3n) is 5.49. The Bertz CT molecular complexity index is 1290. The average Bonchev–Trinajstić information content (AvgIpc) is 2.83. The fraction of sp³-hybridized carbons (Fsp3) is 0.160. The Morgan fingerprint density at radius 3 is 2.33 bits per heavy atom. The van der Waals surface area contributed by atoms with Gasteiger partial charge in [0.25, 0.3) is 11.8 Å². The minimum Gasteiger partial charge on any atom is -0.493 e. The van der Waals surface area contributed by atoms with Crippen LogP contribution in [-0.4, -0.2) is 47.9 Å². The first-order chi connectivity index (χ1) is 15.8. The van der Waals surface area contributed by atoms with Crippen molar-refractivity contribution in [2.24, 2.45) is 0 Å². The molecule has 1 aliphatic rings. The van der Waals surface area contributed by atoms with E-state index in [0.29, 0.717) is 28.1 Å². The molecule has 0 saturated carbocycles. The molecule has 0 radical (unpaired) electrons. The third kappa shape index (κ3) is 4.36. The lowest BCUT2D eigenvalue weighted by Crippen LogP contribution is -2.52. The van der Waals surface area contributed by atoms with Crippen molar-refractivity contribution in [3.8, 4) is 11.5 Å². The monoisotopic (exact) mass is 524 g/mol. The minimum atomic E-state index is -0.453. The van der Waals surface area contributed by atoms with E-state index in [0.717, 1.165) is 16.3 Å². The van der Waals surface area contributed by atoms with Crippen LogP contribution in [0.1, 0.15) is 11.1 Å². The number of carbonyl (C=O) groups is 2. The quantitative estimate of drug-likeness (QED) is 0.273. The summed E-state index contributed by atoms with van der Waals surface area (Å²) in [6, 6.07) is 17.7. The Labute approximate surface area is 205 Å². The molecule has 0 bridgehead atoms. The SMILES string of the molecule is COc1cc(C=C2C(=O)N(C)C(=S)N(C)C2=O)c(Br)cc1OCc1cccc2ccccc12. The van der Waals surface area contributed by atoms with Crippen LogP contribution in [0, 0.1) is 0 Å². The molecule has 0 aromatic heterocycles. The first kappa shape index (κ1) is 22.9. The van der Waals surface area contributed by atoms with Crippen molar-refractivity contribution in [1.82, 2.24) is 9.80 Å². The van der Waals surface area contributed by atoms with Gasteiger partial charge >= 0.3 is 0 Å². The molecule has 1 fully saturated rings. The molecular formula is C25H21BrN2O4S. The summed E-state index contributed by atoms with van der Waals surface area (Å²) in [5, 5.41) is 2.43. The maximum Gasteiger partial charge on any atom is 0.265 e. The number of ether oxygens (including phenoxy) is 2. The van der Waals surface area contributed by atoms with Gasteiger partial charge in [-0.25, -0.2) is 0 Å². The molecule has 168 valence electrons. The van der Waals surface area contributed by atoms with Gasteiger partial charge in [-0.15, -0.1) is 0 Å². The topological polar surface area (TPSA) is 59.1 Å². The highest BCUT2D eigenvalue weighted by molar-refractivity contribution is 9.10. The number of hydrogen-bond donors (Lipinski definition) is 0. The number of methoxy groups -OCH3 is 1. The van der Waals surface area contributed by atoms with E-state index in [-0.39, 0.29) is 10.7 Å². The van der Waals surface area contributed by atoms with E-state index in [1.54, 1.807) is 33.3 Å². The number of likely N-dealkylation sites (N-methyl/N-ethyl adjacent to an activating group) is 2. The second-order valence-corrected chi connectivity index (χ2v) is 8.74. The molecule has 3 aromatic carbocycles. The van der Waals surface area contributed by atoms with E-state index in [4.69, 9.17) is 21.7 Å². The second kappa shape index (κ2) is 9.33. The maximum absolute atomic E-state index is 12.6. The fourth-order valence-corrected chi connectivity index (χ4v) is 4.24. The highest BCUT2D eigenvalue weighted by Crippen LogP contribution is 2.36. The van der Waals surface area contributed by atoms with E-state index < -0.39 is 11.8 Å². The fourth-order valence-electron chi connectivity index (χ4n) is 3.64. The number of rotatable bonds is 5. The van der Waals surface area contributed by atoms with Crippen molar-refractivity contribution in [3.63, 3.8) is 0 Å². The lowest BCUT2D eigenvalue weighted by atomic mass is 10.1. The van der Waals surface area contributed by atoms with Gasteiger partial charge < -0.3 is 9.47 Å². The number of fused-ring (bicyclic) bond motifs is 1. The summed E-state index contributed by atoms with van der Waals surface area (Å²) < 4.78 is 12.3. The standard InChI is InChI=1S/C25H21BrN2O4S/c1-27-23(29)19(24(30)28(2)25(27)33)11-17-12-21(31-3)22(13-20(17)26)32-14-16-9-6-8-15-7-4-5-10-18(15)16/h4-13H,14H2,1-3H3. The van der Waals surface area contributed by atoms with Crippen LogP contribution >= 0.6 is 28.1 Å². The van der Waals surface area contributed by atoms with Gasteiger partial charge in [0.15, 0.2) is 16.6 Å². The van der Waals surface area contributed by atoms with Crippen LogP contribution in [0.3, 0.4) is 0 Å². The Balaban J connectivity index is 1.65. The Hall–Kier alpha value is -3.23. The van der Waals surface area contributed by atoms with Gasteiger partial charge in [-0.3, -0.25) is 19.4 Å². The van der Waals surface area contributed by atoms with Crippen molar-refractivity contribution in [2.45, 2.75) is 6.61 Å². The van der Waals surface area contributed by atoms with E-state index in [1.807, 2.05) is 24.3 Å². The van der Waals surface area contributed by atoms with Gasteiger partial charge in [-0.05, 0) is 52.3 Å². The average molecular weight is 525 g/mol. The molecule has 1 heterocycles. The smallest absolute Gasteiger partial charge is 0.265 e. The Kier molecular flexibility index (Phi) is 6.49. The molecule has 0 N–H and O–H groups in total. The van der Waals surface area contributed by atoms with Crippen LogP contribution in [0.25, 0.3) is 16.8 Å². The number of hydrogen-bond acceptors (Lipinski definition) is 5. The van der Waals surface area contributed by atoms with Crippen LogP contribution in [0.4, 0.5) is 0 Å². The number of thiocarbonyl (C=S) groups is 1. The number of benzene rings is 3. The Morgan fingerprint density at radius 2 is 1.64 bits per heavy atom. The normalized spacial score (nSPS) is 14.2. The zero-order chi connectivity index (χ0) is 23.7. The van der Waals surface area contributed by atoms with Crippen molar-refractivity contribution in [2.75, 3.05) is 21.2 Å². The molecule has 0 aliphatic carbocycles. The summed E-state index contributed by atoms with van der Waals surface area (Å²) in [5.41, 5.74) is 1.68. The van der Waals surface area contributed by atoms with Gasteiger partial charge in [0, 0.05) is 18.6 Å². The lowest BCUT2D eigenvalue weighted by Gasteiger charge is -2.31. The largest absolute Gasteiger partial charge is 0.493 e. The Morgan fingerprint density at radius 1 is 0.970 bits per heavy atom.